The maximum Gasteiger partial charge on any atom is 0.229 e. The summed E-state index contributed by atoms with van der Waals surface area (Å²) < 4.78 is 28.6. The molecule has 0 aliphatic carbocycles. The van der Waals surface area contributed by atoms with Crippen LogP contribution in [0.3, 0.4) is 0 Å². The van der Waals surface area contributed by atoms with Crippen LogP contribution in [0.25, 0.3) is 5.69 Å². The number of hydrogen-bond donors (Lipinski definition) is 1. The van der Waals surface area contributed by atoms with Crippen LogP contribution in [0.15, 0.2) is 42.7 Å². The molecule has 4 rings (SSSR count). The molecule has 1 aliphatic rings. The molecule has 1 unspecified atom stereocenters. The molecule has 2 amide bonds. The summed E-state index contributed by atoms with van der Waals surface area (Å²) in [6.07, 6.45) is 1.37. The lowest BCUT2D eigenvalue weighted by Gasteiger charge is -2.18. The van der Waals surface area contributed by atoms with E-state index in [0.29, 0.717) is 17.4 Å². The third-order valence-electron chi connectivity index (χ3n) is 4.79. The van der Waals surface area contributed by atoms with Gasteiger partial charge in [0.1, 0.15) is 18.0 Å². The first kappa shape index (κ1) is 18.7. The summed E-state index contributed by atoms with van der Waals surface area (Å²) in [4.78, 5) is 26.2. The molecule has 1 aromatic heterocycles. The Morgan fingerprint density at radius 3 is 2.76 bits per heavy atom. The summed E-state index contributed by atoms with van der Waals surface area (Å²) in [5.74, 6) is -2.99. The molecule has 1 fully saturated rings. The largest absolute Gasteiger partial charge is 0.325 e. The zero-order chi connectivity index (χ0) is 20.5. The molecule has 2 heterocycles. The second kappa shape index (κ2) is 7.38. The zero-order valence-corrected chi connectivity index (χ0v) is 15.3. The quantitative estimate of drug-likeness (QED) is 0.728. The molecule has 1 atom stereocenters. The van der Waals surface area contributed by atoms with Gasteiger partial charge in [0.25, 0.3) is 0 Å². The Morgan fingerprint density at radius 2 is 2.03 bits per heavy atom. The number of hydrogen-bond acceptors (Lipinski definition) is 5. The molecule has 10 heteroatoms. The van der Waals surface area contributed by atoms with Gasteiger partial charge in [-0.05, 0) is 47.2 Å². The van der Waals surface area contributed by atoms with E-state index in [-0.39, 0.29) is 24.6 Å². The van der Waals surface area contributed by atoms with E-state index in [2.05, 4.69) is 20.8 Å². The molecule has 1 N–H and O–H groups in total. The molecule has 29 heavy (non-hydrogen) atoms. The van der Waals surface area contributed by atoms with E-state index in [4.69, 9.17) is 0 Å². The Kier molecular flexibility index (Phi) is 4.75. The second-order valence-corrected chi connectivity index (χ2v) is 6.74. The van der Waals surface area contributed by atoms with Crippen molar-refractivity contribution in [1.29, 1.82) is 0 Å². The van der Waals surface area contributed by atoms with Gasteiger partial charge in [-0.3, -0.25) is 9.59 Å². The van der Waals surface area contributed by atoms with Crippen LogP contribution < -0.4 is 10.2 Å². The van der Waals surface area contributed by atoms with Gasteiger partial charge in [0.2, 0.25) is 11.8 Å². The minimum absolute atomic E-state index is 0.0129. The number of carbonyl (C=O) groups is 2. The molecule has 3 aromatic rings. The normalized spacial score (nSPS) is 16.3. The summed E-state index contributed by atoms with van der Waals surface area (Å²) in [6, 6.07) is 8.32. The lowest BCUT2D eigenvalue weighted by Crippen LogP contribution is -2.29. The van der Waals surface area contributed by atoms with Crippen molar-refractivity contribution in [3.05, 3.63) is 59.9 Å². The fourth-order valence-electron chi connectivity index (χ4n) is 3.22. The molecule has 0 spiro atoms. The maximum absolute atomic E-state index is 14.0. The van der Waals surface area contributed by atoms with E-state index in [0.717, 1.165) is 11.6 Å². The summed E-state index contributed by atoms with van der Waals surface area (Å²) >= 11 is 0. The molecule has 0 saturated carbocycles. The van der Waals surface area contributed by atoms with E-state index < -0.39 is 23.5 Å². The maximum atomic E-state index is 14.0. The van der Waals surface area contributed by atoms with Crippen molar-refractivity contribution < 1.29 is 18.4 Å². The Balaban J connectivity index is 1.51. The van der Waals surface area contributed by atoms with Crippen LogP contribution >= 0.6 is 0 Å². The van der Waals surface area contributed by atoms with Gasteiger partial charge in [0.05, 0.1) is 17.3 Å². The van der Waals surface area contributed by atoms with E-state index in [1.807, 2.05) is 13.0 Å². The Labute approximate surface area is 164 Å². The van der Waals surface area contributed by atoms with Crippen LogP contribution in [0.1, 0.15) is 12.0 Å². The van der Waals surface area contributed by atoms with Crippen molar-refractivity contribution >= 4 is 23.2 Å². The van der Waals surface area contributed by atoms with Crippen LogP contribution in [-0.4, -0.2) is 38.6 Å². The molecule has 0 radical (unpaired) electrons. The lowest BCUT2D eigenvalue weighted by molar-refractivity contribution is -0.122. The highest BCUT2D eigenvalue weighted by atomic mass is 19.1. The average molecular weight is 398 g/mol. The highest BCUT2D eigenvalue weighted by molar-refractivity contribution is 6.03. The third-order valence-corrected chi connectivity index (χ3v) is 4.79. The first-order valence-electron chi connectivity index (χ1n) is 8.82. The highest BCUT2D eigenvalue weighted by Gasteiger charge is 2.36. The predicted octanol–water partition coefficient (Wildman–Crippen LogP) is 2.24. The van der Waals surface area contributed by atoms with Gasteiger partial charge in [-0.25, -0.2) is 13.5 Å². The summed E-state index contributed by atoms with van der Waals surface area (Å²) in [6.45, 7) is 1.85. The monoisotopic (exact) mass is 398 g/mol. The molecule has 1 aliphatic heterocycles. The zero-order valence-electron chi connectivity index (χ0n) is 15.3. The highest BCUT2D eigenvalue weighted by Crippen LogP contribution is 2.29. The van der Waals surface area contributed by atoms with Gasteiger partial charge in [-0.15, -0.1) is 5.10 Å². The van der Waals surface area contributed by atoms with Crippen molar-refractivity contribution in [3.63, 3.8) is 0 Å². The SMILES string of the molecule is Cc1ccc(-n2cnnn2)cc1NC(=O)C1CC(=O)N(c2ccc(F)cc2F)C1. The van der Waals surface area contributed by atoms with Crippen LogP contribution in [-0.2, 0) is 9.59 Å². The van der Waals surface area contributed by atoms with Crippen molar-refractivity contribution in [2.45, 2.75) is 13.3 Å². The molecular formula is C19H16F2N6O2. The van der Waals surface area contributed by atoms with Gasteiger partial charge in [0, 0.05) is 24.7 Å². The van der Waals surface area contributed by atoms with Crippen molar-refractivity contribution in [2.75, 3.05) is 16.8 Å². The van der Waals surface area contributed by atoms with E-state index in [9.17, 15) is 18.4 Å². The Bertz CT molecular complexity index is 1090. The fraction of sp³-hybridized carbons (Fsp3) is 0.211. The smallest absolute Gasteiger partial charge is 0.229 e. The number of aryl methyl sites for hydroxylation is 1. The predicted molar refractivity (Wildman–Crippen MR) is 99.3 cm³/mol. The van der Waals surface area contributed by atoms with Crippen LogP contribution in [0.5, 0.6) is 0 Å². The molecule has 148 valence electrons. The number of anilines is 2. The number of rotatable bonds is 4. The number of benzene rings is 2. The molecule has 8 nitrogen and oxygen atoms in total. The van der Waals surface area contributed by atoms with E-state index in [1.165, 1.54) is 22.0 Å². The number of nitrogens with one attached hydrogen (secondary N) is 1. The van der Waals surface area contributed by atoms with Gasteiger partial charge >= 0.3 is 0 Å². The van der Waals surface area contributed by atoms with E-state index >= 15 is 0 Å². The number of nitrogens with zero attached hydrogens (tertiary/aromatic N) is 5. The van der Waals surface area contributed by atoms with Crippen molar-refractivity contribution in [2.24, 2.45) is 5.92 Å². The lowest BCUT2D eigenvalue weighted by atomic mass is 10.1. The van der Waals surface area contributed by atoms with Crippen LogP contribution in [0.4, 0.5) is 20.2 Å². The first-order chi connectivity index (χ1) is 13.9. The van der Waals surface area contributed by atoms with E-state index in [1.54, 1.807) is 12.1 Å². The van der Waals surface area contributed by atoms with Crippen molar-refractivity contribution in [3.8, 4) is 5.69 Å². The summed E-state index contributed by atoms with van der Waals surface area (Å²) in [5, 5.41) is 13.8. The Morgan fingerprint density at radius 1 is 1.21 bits per heavy atom. The minimum atomic E-state index is -0.843. The van der Waals surface area contributed by atoms with Crippen LogP contribution in [0.2, 0.25) is 0 Å². The summed E-state index contributed by atoms with van der Waals surface area (Å²) in [5.41, 5.74) is 2.00. The standard InChI is InChI=1S/C19H16F2N6O2/c1-11-2-4-14(27-10-22-24-25-27)8-16(11)23-19(29)12-6-18(28)26(9-12)17-5-3-13(20)7-15(17)21/h2-5,7-8,10,12H,6,9H2,1H3,(H,23,29). The topological polar surface area (TPSA) is 93.0 Å². The van der Waals surface area contributed by atoms with Gasteiger partial charge in [-0.2, -0.15) is 0 Å². The van der Waals surface area contributed by atoms with Gasteiger partial charge in [-0.1, -0.05) is 6.07 Å². The fourth-order valence-corrected chi connectivity index (χ4v) is 3.22. The second-order valence-electron chi connectivity index (χ2n) is 6.74. The Hall–Kier alpha value is -3.69. The third kappa shape index (κ3) is 3.68. The molecular weight excluding hydrogens is 382 g/mol. The number of halogens is 2. The number of aromatic nitrogens is 4. The van der Waals surface area contributed by atoms with Crippen LogP contribution in [0, 0.1) is 24.5 Å². The number of tetrazole rings is 1. The molecule has 0 bridgehead atoms. The first-order valence-corrected chi connectivity index (χ1v) is 8.82. The number of amides is 2. The molecule has 1 saturated heterocycles. The summed E-state index contributed by atoms with van der Waals surface area (Å²) in [7, 11) is 0. The average Bonchev–Trinajstić information content (AvgIpc) is 3.34. The number of carbonyl (C=O) groups excluding carboxylic acids is 2. The van der Waals surface area contributed by atoms with Gasteiger partial charge in [0.15, 0.2) is 0 Å². The van der Waals surface area contributed by atoms with Crippen molar-refractivity contribution in [1.82, 2.24) is 20.2 Å². The molecule has 2 aromatic carbocycles. The van der Waals surface area contributed by atoms with Gasteiger partial charge < -0.3 is 10.2 Å². The minimum Gasteiger partial charge on any atom is -0.325 e.